The number of hydrogen-bond acceptors (Lipinski definition) is 2. The zero-order valence-corrected chi connectivity index (χ0v) is 8.13. The van der Waals surface area contributed by atoms with Crippen LogP contribution in [0.5, 0.6) is 0 Å². The van der Waals surface area contributed by atoms with Crippen LogP contribution in [0.15, 0.2) is 0 Å². The maximum atomic E-state index is 10.9. The first kappa shape index (κ1) is 11.4. The molecular weight excluding hydrogens is 154 g/mol. The molecule has 0 radical (unpaired) electrons. The second-order valence-electron chi connectivity index (χ2n) is 3.44. The lowest BCUT2D eigenvalue weighted by Gasteiger charge is -2.31. The van der Waals surface area contributed by atoms with Gasteiger partial charge in [0, 0.05) is 6.54 Å². The fourth-order valence-electron chi connectivity index (χ4n) is 1.62. The molecule has 0 bridgehead atoms. The topological polar surface area (TPSA) is 63.3 Å². The molecule has 0 fully saturated rings. The van der Waals surface area contributed by atoms with Crippen molar-refractivity contribution >= 4 is 5.97 Å². The van der Waals surface area contributed by atoms with Gasteiger partial charge in [-0.25, -0.2) is 0 Å². The van der Waals surface area contributed by atoms with E-state index >= 15 is 0 Å². The molecule has 0 aromatic carbocycles. The molecule has 12 heavy (non-hydrogen) atoms. The van der Waals surface area contributed by atoms with Crippen molar-refractivity contribution in [1.82, 2.24) is 0 Å². The van der Waals surface area contributed by atoms with Crippen molar-refractivity contribution in [3.63, 3.8) is 0 Å². The summed E-state index contributed by atoms with van der Waals surface area (Å²) >= 11 is 0. The van der Waals surface area contributed by atoms with Crippen LogP contribution in [-0.4, -0.2) is 17.6 Å². The molecule has 1 atom stereocenters. The van der Waals surface area contributed by atoms with Crippen molar-refractivity contribution < 1.29 is 9.90 Å². The van der Waals surface area contributed by atoms with Gasteiger partial charge < -0.3 is 10.8 Å². The average molecular weight is 173 g/mol. The van der Waals surface area contributed by atoms with Crippen LogP contribution in [0.4, 0.5) is 0 Å². The summed E-state index contributed by atoms with van der Waals surface area (Å²) in [5.74, 6) is -0.598. The Morgan fingerprint density at radius 2 is 1.92 bits per heavy atom. The van der Waals surface area contributed by atoms with Gasteiger partial charge >= 0.3 is 5.97 Å². The van der Waals surface area contributed by atoms with E-state index in [0.29, 0.717) is 0 Å². The molecule has 0 heterocycles. The molecule has 0 spiro atoms. The quantitative estimate of drug-likeness (QED) is 0.661. The fourth-order valence-corrected chi connectivity index (χ4v) is 1.62. The number of nitrogens with two attached hydrogens (primary N) is 1. The molecule has 0 saturated heterocycles. The molecule has 3 nitrogen and oxygen atoms in total. The van der Waals surface area contributed by atoms with Crippen LogP contribution in [0.1, 0.15) is 33.6 Å². The van der Waals surface area contributed by atoms with Crippen LogP contribution < -0.4 is 5.73 Å². The Bertz CT molecular complexity index is 155. The normalized spacial score (nSPS) is 16.1. The van der Waals surface area contributed by atoms with Gasteiger partial charge in [-0.05, 0) is 12.8 Å². The van der Waals surface area contributed by atoms with E-state index in [2.05, 4.69) is 0 Å². The minimum absolute atomic E-state index is 0.181. The van der Waals surface area contributed by atoms with Crippen LogP contribution in [-0.2, 0) is 4.79 Å². The van der Waals surface area contributed by atoms with Gasteiger partial charge in [0.25, 0.3) is 0 Å². The number of carboxylic acids is 1. The zero-order valence-electron chi connectivity index (χ0n) is 8.13. The molecule has 0 aliphatic rings. The van der Waals surface area contributed by atoms with Crippen molar-refractivity contribution in [2.75, 3.05) is 6.54 Å². The van der Waals surface area contributed by atoms with E-state index in [1.54, 1.807) is 6.92 Å². The van der Waals surface area contributed by atoms with Gasteiger partial charge in [-0.3, -0.25) is 4.79 Å². The second-order valence-corrected chi connectivity index (χ2v) is 3.44. The smallest absolute Gasteiger partial charge is 0.310 e. The standard InChI is InChI=1S/C9H19NO2/c1-4-7(5-2)9(3,6-10)8(11)12/h7H,4-6,10H2,1-3H3,(H,11,12). The lowest BCUT2D eigenvalue weighted by atomic mass is 9.74. The summed E-state index contributed by atoms with van der Waals surface area (Å²) in [5, 5.41) is 8.99. The lowest BCUT2D eigenvalue weighted by molar-refractivity contribution is -0.150. The van der Waals surface area contributed by atoms with E-state index in [4.69, 9.17) is 10.8 Å². The molecule has 0 aromatic heterocycles. The molecule has 0 aromatic rings. The lowest BCUT2D eigenvalue weighted by Crippen LogP contribution is -2.42. The molecule has 0 rings (SSSR count). The van der Waals surface area contributed by atoms with Crippen LogP contribution in [0.25, 0.3) is 0 Å². The summed E-state index contributed by atoms with van der Waals surface area (Å²) in [6.07, 6.45) is 1.74. The molecule has 0 saturated carbocycles. The summed E-state index contributed by atoms with van der Waals surface area (Å²) in [7, 11) is 0. The summed E-state index contributed by atoms with van der Waals surface area (Å²) in [6, 6.07) is 0. The minimum atomic E-state index is -0.779. The third-order valence-corrected chi connectivity index (χ3v) is 2.80. The Morgan fingerprint density at radius 1 is 1.50 bits per heavy atom. The van der Waals surface area contributed by atoms with Gasteiger partial charge in [0.05, 0.1) is 5.41 Å². The van der Waals surface area contributed by atoms with Crippen molar-refractivity contribution in [2.45, 2.75) is 33.6 Å². The van der Waals surface area contributed by atoms with Crippen molar-refractivity contribution in [3.05, 3.63) is 0 Å². The van der Waals surface area contributed by atoms with Gasteiger partial charge in [-0.15, -0.1) is 0 Å². The maximum Gasteiger partial charge on any atom is 0.310 e. The Balaban J connectivity index is 4.58. The van der Waals surface area contributed by atoms with Crippen LogP contribution in [0.2, 0.25) is 0 Å². The molecule has 72 valence electrons. The number of hydrogen-bond donors (Lipinski definition) is 2. The SMILES string of the molecule is CCC(CC)C(C)(CN)C(=O)O. The van der Waals surface area contributed by atoms with Crippen LogP contribution >= 0.6 is 0 Å². The number of carbonyl (C=O) groups is 1. The average Bonchev–Trinajstić information content (AvgIpc) is 2.05. The Kier molecular flexibility index (Phi) is 4.24. The van der Waals surface area contributed by atoms with Gasteiger partial charge in [0.2, 0.25) is 0 Å². The number of rotatable bonds is 5. The minimum Gasteiger partial charge on any atom is -0.481 e. The van der Waals surface area contributed by atoms with Gasteiger partial charge in [-0.2, -0.15) is 0 Å². The summed E-state index contributed by atoms with van der Waals surface area (Å²) in [4.78, 5) is 10.9. The predicted octanol–water partition coefficient (Wildman–Crippen LogP) is 1.47. The first-order valence-corrected chi connectivity index (χ1v) is 4.46. The molecule has 1 unspecified atom stereocenters. The van der Waals surface area contributed by atoms with Crippen molar-refractivity contribution in [3.8, 4) is 0 Å². The van der Waals surface area contributed by atoms with Crippen molar-refractivity contribution in [1.29, 1.82) is 0 Å². The van der Waals surface area contributed by atoms with Gasteiger partial charge in [0.15, 0.2) is 0 Å². The van der Waals surface area contributed by atoms with Crippen LogP contribution in [0.3, 0.4) is 0 Å². The highest BCUT2D eigenvalue weighted by Crippen LogP contribution is 2.31. The zero-order chi connectivity index (χ0) is 9.78. The molecular formula is C9H19NO2. The predicted molar refractivity (Wildman–Crippen MR) is 48.9 cm³/mol. The molecule has 0 aliphatic heterocycles. The van der Waals surface area contributed by atoms with E-state index in [1.165, 1.54) is 0 Å². The largest absolute Gasteiger partial charge is 0.481 e. The monoisotopic (exact) mass is 173 g/mol. The number of carboxylic acid groups (broad SMARTS) is 1. The van der Waals surface area contributed by atoms with E-state index < -0.39 is 11.4 Å². The van der Waals surface area contributed by atoms with Gasteiger partial charge in [0.1, 0.15) is 0 Å². The summed E-state index contributed by atoms with van der Waals surface area (Å²) < 4.78 is 0. The van der Waals surface area contributed by atoms with E-state index in [1.807, 2.05) is 13.8 Å². The first-order valence-electron chi connectivity index (χ1n) is 4.46. The number of aliphatic carboxylic acids is 1. The molecule has 0 amide bonds. The van der Waals surface area contributed by atoms with E-state index in [-0.39, 0.29) is 12.5 Å². The van der Waals surface area contributed by atoms with E-state index in [0.717, 1.165) is 12.8 Å². The van der Waals surface area contributed by atoms with E-state index in [9.17, 15) is 4.79 Å². The highest BCUT2D eigenvalue weighted by molar-refractivity contribution is 5.74. The Labute approximate surface area is 74.0 Å². The highest BCUT2D eigenvalue weighted by Gasteiger charge is 2.37. The second kappa shape index (κ2) is 4.45. The molecule has 3 heteroatoms. The fraction of sp³-hybridized carbons (Fsp3) is 0.889. The summed E-state index contributed by atoms with van der Waals surface area (Å²) in [6.45, 7) is 5.96. The first-order chi connectivity index (χ1) is 5.52. The van der Waals surface area contributed by atoms with Crippen molar-refractivity contribution in [2.24, 2.45) is 17.1 Å². The highest BCUT2D eigenvalue weighted by atomic mass is 16.4. The Morgan fingerprint density at radius 3 is 2.00 bits per heavy atom. The van der Waals surface area contributed by atoms with Gasteiger partial charge in [-0.1, -0.05) is 26.7 Å². The third-order valence-electron chi connectivity index (χ3n) is 2.80. The third kappa shape index (κ3) is 1.97. The van der Waals surface area contributed by atoms with Crippen LogP contribution in [0, 0.1) is 11.3 Å². The summed E-state index contributed by atoms with van der Waals surface area (Å²) in [5.41, 5.74) is 4.73. The molecule has 0 aliphatic carbocycles. The Hall–Kier alpha value is -0.570. The maximum absolute atomic E-state index is 10.9. The molecule has 3 N–H and O–H groups in total.